The maximum Gasteiger partial charge on any atom is 0.416 e. The number of anilines is 1. The van der Waals surface area contributed by atoms with Crippen LogP contribution >= 0.6 is 0 Å². The first-order valence-corrected chi connectivity index (χ1v) is 8.38. The predicted octanol–water partition coefficient (Wildman–Crippen LogP) is 5.25. The fourth-order valence-corrected chi connectivity index (χ4v) is 2.87. The number of rotatable bonds is 3. The maximum atomic E-state index is 12.9. The molecule has 27 heavy (non-hydrogen) atoms. The average Bonchev–Trinajstić information content (AvgIpc) is 2.59. The van der Waals surface area contributed by atoms with Crippen molar-refractivity contribution in [3.63, 3.8) is 0 Å². The van der Waals surface area contributed by atoms with Gasteiger partial charge >= 0.3 is 6.18 Å². The number of carbonyl (C=O) groups excluding carboxylic acids is 1. The van der Waals surface area contributed by atoms with Crippen LogP contribution in [-0.2, 0) is 6.18 Å². The van der Waals surface area contributed by atoms with Gasteiger partial charge in [-0.25, -0.2) is 0 Å². The normalized spacial score (nSPS) is 12.3. The highest BCUT2D eigenvalue weighted by Crippen LogP contribution is 2.35. The van der Waals surface area contributed by atoms with Gasteiger partial charge in [-0.1, -0.05) is 18.2 Å². The Morgan fingerprint density at radius 3 is 2.48 bits per heavy atom. The Kier molecular flexibility index (Phi) is 4.48. The lowest BCUT2D eigenvalue weighted by Crippen LogP contribution is -2.29. The van der Waals surface area contributed by atoms with Crippen molar-refractivity contribution in [3.8, 4) is 11.1 Å². The van der Waals surface area contributed by atoms with Gasteiger partial charge in [0, 0.05) is 17.3 Å². The van der Waals surface area contributed by atoms with E-state index in [0.717, 1.165) is 12.1 Å². The fourth-order valence-electron chi connectivity index (χ4n) is 2.87. The molecular weight excluding hydrogens is 353 g/mol. The Morgan fingerprint density at radius 1 is 1.11 bits per heavy atom. The third-order valence-corrected chi connectivity index (χ3v) is 4.09. The average molecular weight is 373 g/mol. The molecule has 0 spiro atoms. The molecule has 6 heteroatoms. The second kappa shape index (κ2) is 6.95. The molecule has 0 saturated carbocycles. The van der Waals surface area contributed by atoms with Crippen molar-refractivity contribution >= 4 is 22.4 Å². The number of fused-ring (bicyclic) bond motifs is 1. The van der Waals surface area contributed by atoms with Gasteiger partial charge in [0.1, 0.15) is 0 Å². The Balaban J connectivity index is 2.13. The van der Waals surface area contributed by atoms with Gasteiger partial charge in [0.25, 0.3) is 5.91 Å². The standard InChI is InChI=1S/C21H19F3N2O/c1-12(2)26-20(27)14-5-8-18-15(9-14)10-17(25)11-19(18)13-3-6-16(7-4-13)21(22,23)24/h3-12H,25H2,1-2H3,(H,26,27)/i3D. The minimum Gasteiger partial charge on any atom is -0.399 e. The summed E-state index contributed by atoms with van der Waals surface area (Å²) in [7, 11) is 0. The lowest BCUT2D eigenvalue weighted by Gasteiger charge is -2.13. The fraction of sp³-hybridized carbons (Fsp3) is 0.190. The summed E-state index contributed by atoms with van der Waals surface area (Å²) in [6.07, 6.45) is -4.51. The van der Waals surface area contributed by atoms with Gasteiger partial charge in [0.05, 0.1) is 6.93 Å². The van der Waals surface area contributed by atoms with Crippen molar-refractivity contribution in [2.24, 2.45) is 0 Å². The highest BCUT2D eigenvalue weighted by molar-refractivity contribution is 6.04. The number of hydrogen-bond acceptors (Lipinski definition) is 2. The summed E-state index contributed by atoms with van der Waals surface area (Å²) in [5.74, 6) is -0.225. The number of alkyl halides is 3. The number of halogens is 3. The highest BCUT2D eigenvalue weighted by Gasteiger charge is 2.30. The minimum atomic E-state index is -4.51. The van der Waals surface area contributed by atoms with Crippen molar-refractivity contribution in [2.45, 2.75) is 26.1 Å². The first-order chi connectivity index (χ1) is 13.1. The van der Waals surface area contributed by atoms with E-state index in [-0.39, 0.29) is 18.0 Å². The van der Waals surface area contributed by atoms with E-state index in [9.17, 15) is 18.0 Å². The van der Waals surface area contributed by atoms with Gasteiger partial charge in [-0.15, -0.1) is 0 Å². The summed E-state index contributed by atoms with van der Waals surface area (Å²) >= 11 is 0. The second-order valence-electron chi connectivity index (χ2n) is 6.62. The van der Waals surface area contributed by atoms with Crippen molar-refractivity contribution < 1.29 is 19.3 Å². The zero-order valence-electron chi connectivity index (χ0n) is 15.8. The molecule has 0 bridgehead atoms. The molecule has 0 atom stereocenters. The summed E-state index contributed by atoms with van der Waals surface area (Å²) in [5.41, 5.74) is 6.83. The highest BCUT2D eigenvalue weighted by atomic mass is 19.4. The largest absolute Gasteiger partial charge is 0.416 e. The number of hydrogen-bond donors (Lipinski definition) is 2. The van der Waals surface area contributed by atoms with Gasteiger partial charge in [-0.2, -0.15) is 13.2 Å². The number of benzene rings is 3. The van der Waals surface area contributed by atoms with Crippen LogP contribution in [0, 0.1) is 0 Å². The molecule has 0 saturated heterocycles. The molecule has 0 aromatic heterocycles. The van der Waals surface area contributed by atoms with E-state index >= 15 is 0 Å². The van der Waals surface area contributed by atoms with E-state index in [1.54, 1.807) is 30.3 Å². The smallest absolute Gasteiger partial charge is 0.399 e. The molecule has 0 heterocycles. The molecule has 0 fully saturated rings. The Hall–Kier alpha value is -3.02. The topological polar surface area (TPSA) is 55.1 Å². The molecule has 0 unspecified atom stereocenters. The van der Waals surface area contributed by atoms with Crippen LogP contribution in [0.15, 0.2) is 54.6 Å². The van der Waals surface area contributed by atoms with Gasteiger partial charge in [0.2, 0.25) is 0 Å². The molecule has 0 aliphatic rings. The minimum absolute atomic E-state index is 0.0161. The van der Waals surface area contributed by atoms with Crippen LogP contribution in [0.2, 0.25) is 0 Å². The third-order valence-electron chi connectivity index (χ3n) is 4.09. The zero-order valence-corrected chi connectivity index (χ0v) is 14.8. The molecule has 3 nitrogen and oxygen atoms in total. The van der Waals surface area contributed by atoms with Crippen molar-refractivity contribution in [1.29, 1.82) is 0 Å². The molecule has 0 aliphatic carbocycles. The summed E-state index contributed by atoms with van der Waals surface area (Å²) in [6.45, 7) is 3.71. The van der Waals surface area contributed by atoms with E-state index in [1.165, 1.54) is 6.07 Å². The lowest BCUT2D eigenvalue weighted by atomic mass is 9.95. The molecular formula is C21H19F3N2O. The maximum absolute atomic E-state index is 12.9. The lowest BCUT2D eigenvalue weighted by molar-refractivity contribution is -0.137. The summed E-state index contributed by atoms with van der Waals surface area (Å²) < 4.78 is 46.7. The Morgan fingerprint density at radius 2 is 1.85 bits per heavy atom. The molecule has 3 N–H and O–H groups in total. The van der Waals surface area contributed by atoms with Crippen LogP contribution in [0.3, 0.4) is 0 Å². The quantitative estimate of drug-likeness (QED) is 0.617. The van der Waals surface area contributed by atoms with Crippen molar-refractivity contribution in [2.75, 3.05) is 5.73 Å². The number of amides is 1. The summed E-state index contributed by atoms with van der Waals surface area (Å²) in [4.78, 5) is 12.2. The monoisotopic (exact) mass is 373 g/mol. The van der Waals surface area contributed by atoms with Crippen LogP contribution in [0.4, 0.5) is 18.9 Å². The van der Waals surface area contributed by atoms with Gasteiger partial charge in [-0.05, 0) is 72.1 Å². The van der Waals surface area contributed by atoms with Gasteiger partial charge < -0.3 is 11.1 Å². The molecule has 3 aromatic carbocycles. The molecule has 3 rings (SSSR count). The first-order valence-electron chi connectivity index (χ1n) is 8.88. The van der Waals surface area contributed by atoms with Crippen LogP contribution in [0.1, 0.15) is 31.1 Å². The molecule has 1 amide bonds. The number of nitrogens with two attached hydrogens (primary N) is 1. The van der Waals surface area contributed by atoms with E-state index in [4.69, 9.17) is 7.10 Å². The van der Waals surface area contributed by atoms with Crippen LogP contribution in [-0.4, -0.2) is 11.9 Å². The van der Waals surface area contributed by atoms with Crippen molar-refractivity contribution in [3.05, 3.63) is 65.7 Å². The first kappa shape index (κ1) is 17.4. The van der Waals surface area contributed by atoms with Crippen LogP contribution in [0.25, 0.3) is 21.9 Å². The van der Waals surface area contributed by atoms with Crippen LogP contribution < -0.4 is 11.1 Å². The predicted molar refractivity (Wildman–Crippen MR) is 101 cm³/mol. The van der Waals surface area contributed by atoms with Crippen LogP contribution in [0.5, 0.6) is 0 Å². The molecule has 0 radical (unpaired) electrons. The van der Waals surface area contributed by atoms with E-state index in [1.807, 2.05) is 13.8 Å². The summed E-state index contributed by atoms with van der Waals surface area (Å²) in [5, 5.41) is 4.18. The van der Waals surface area contributed by atoms with E-state index < -0.39 is 11.7 Å². The Bertz CT molecular complexity index is 1060. The molecule has 3 aromatic rings. The SMILES string of the molecule is [2H]c1cc(C(F)(F)F)ccc1-c1cc(N)cc2cc(C(=O)NC(C)C)ccc12. The Labute approximate surface area is 156 Å². The molecule has 0 aliphatic heterocycles. The third kappa shape index (κ3) is 4.05. The van der Waals surface area contributed by atoms with E-state index in [2.05, 4.69) is 5.32 Å². The van der Waals surface area contributed by atoms with Gasteiger partial charge in [0.15, 0.2) is 0 Å². The zero-order chi connectivity index (χ0) is 20.6. The number of carbonyl (C=O) groups is 1. The van der Waals surface area contributed by atoms with Crippen molar-refractivity contribution in [1.82, 2.24) is 5.32 Å². The molecule has 140 valence electrons. The number of nitrogens with one attached hydrogen (secondary N) is 1. The van der Waals surface area contributed by atoms with E-state index in [0.29, 0.717) is 33.2 Å². The summed E-state index contributed by atoms with van der Waals surface area (Å²) in [6, 6.07) is 11.1. The second-order valence-corrected chi connectivity index (χ2v) is 6.62. The van der Waals surface area contributed by atoms with Gasteiger partial charge in [-0.3, -0.25) is 4.79 Å². The number of nitrogen functional groups attached to an aromatic ring is 1.